The number of H-pyrrole nitrogens is 1. The lowest BCUT2D eigenvalue weighted by Crippen LogP contribution is -2.44. The zero-order valence-electron chi connectivity index (χ0n) is 21.1. The maximum absolute atomic E-state index is 13.7. The van der Waals surface area contributed by atoms with Gasteiger partial charge in [-0.1, -0.05) is 74.0 Å². The molecule has 37 heavy (non-hydrogen) atoms. The minimum Gasteiger partial charge on any atom is -0.361 e. The molecule has 8 heteroatoms. The lowest BCUT2D eigenvalue weighted by atomic mass is 10.1. The van der Waals surface area contributed by atoms with Crippen LogP contribution in [0.1, 0.15) is 25.0 Å². The summed E-state index contributed by atoms with van der Waals surface area (Å²) >= 11 is 6.06. The number of benzene rings is 3. The van der Waals surface area contributed by atoms with Crippen molar-refractivity contribution in [3.63, 3.8) is 0 Å². The lowest BCUT2D eigenvalue weighted by Gasteiger charge is -2.28. The zero-order valence-corrected chi connectivity index (χ0v) is 22.7. The van der Waals surface area contributed by atoms with Crippen molar-refractivity contribution in [1.29, 1.82) is 0 Å². The molecule has 0 unspecified atom stereocenters. The number of nitrogens with zero attached hydrogens (tertiary/aromatic N) is 2. The Morgan fingerprint density at radius 3 is 2.32 bits per heavy atom. The number of aromatic amines is 1. The number of hydrogen-bond donors (Lipinski definition) is 1. The van der Waals surface area contributed by atoms with Gasteiger partial charge >= 0.3 is 0 Å². The molecule has 1 aromatic heterocycles. The SMILES string of the molecule is CC(C)CN(CC(=O)N(CCc1c[nH]c2ccccc12)Cc1ccc(Cl)cc1)S(=O)(=O)c1ccccc1. The fraction of sp³-hybridized carbons (Fsp3) is 0.276. The minimum atomic E-state index is -3.83. The highest BCUT2D eigenvalue weighted by Crippen LogP contribution is 2.21. The molecule has 0 aliphatic rings. The first-order chi connectivity index (χ1) is 17.7. The molecule has 3 aromatic carbocycles. The molecule has 4 aromatic rings. The summed E-state index contributed by atoms with van der Waals surface area (Å²) in [4.78, 5) is 18.9. The van der Waals surface area contributed by atoms with E-state index in [1.165, 1.54) is 4.31 Å². The maximum atomic E-state index is 13.7. The molecule has 1 N–H and O–H groups in total. The number of aromatic nitrogens is 1. The standard InChI is InChI=1S/C29H32ClN3O3S/c1-22(2)19-33(37(35,36)26-8-4-3-5-9-26)21-29(34)32(20-23-12-14-25(30)15-13-23)17-16-24-18-31-28-11-7-6-10-27(24)28/h3-15,18,22,31H,16-17,19-21H2,1-2H3. The molecule has 1 amide bonds. The lowest BCUT2D eigenvalue weighted by molar-refractivity contribution is -0.132. The van der Waals surface area contributed by atoms with Crippen LogP contribution >= 0.6 is 11.6 Å². The Balaban J connectivity index is 1.58. The Kier molecular flexibility index (Phi) is 8.69. The average Bonchev–Trinajstić information content (AvgIpc) is 3.30. The van der Waals surface area contributed by atoms with Crippen molar-refractivity contribution < 1.29 is 13.2 Å². The van der Waals surface area contributed by atoms with Crippen LogP contribution in [0.5, 0.6) is 0 Å². The van der Waals surface area contributed by atoms with Crippen molar-refractivity contribution >= 4 is 38.4 Å². The number of rotatable bonds is 11. The summed E-state index contributed by atoms with van der Waals surface area (Å²) in [5.41, 5.74) is 3.09. The van der Waals surface area contributed by atoms with Gasteiger partial charge in [-0.2, -0.15) is 4.31 Å². The molecule has 0 aliphatic carbocycles. The van der Waals surface area contributed by atoms with Gasteiger partial charge in [-0.25, -0.2) is 8.42 Å². The normalized spacial score (nSPS) is 11.9. The number of nitrogens with one attached hydrogen (secondary N) is 1. The van der Waals surface area contributed by atoms with Gasteiger partial charge in [0.1, 0.15) is 0 Å². The number of fused-ring (bicyclic) bond motifs is 1. The quantitative estimate of drug-likeness (QED) is 0.265. The topological polar surface area (TPSA) is 73.5 Å². The van der Waals surface area contributed by atoms with Crippen LogP contribution in [0.25, 0.3) is 10.9 Å². The average molecular weight is 538 g/mol. The van der Waals surface area contributed by atoms with E-state index in [1.54, 1.807) is 47.4 Å². The Morgan fingerprint density at radius 1 is 0.946 bits per heavy atom. The van der Waals surface area contributed by atoms with Gasteiger partial charge in [0.2, 0.25) is 15.9 Å². The highest BCUT2D eigenvalue weighted by atomic mass is 35.5. The second-order valence-electron chi connectivity index (χ2n) is 9.56. The number of sulfonamides is 1. The van der Waals surface area contributed by atoms with E-state index >= 15 is 0 Å². The smallest absolute Gasteiger partial charge is 0.243 e. The first-order valence-corrected chi connectivity index (χ1v) is 14.2. The molecule has 0 aliphatic heterocycles. The van der Waals surface area contributed by atoms with E-state index in [2.05, 4.69) is 11.1 Å². The first-order valence-electron chi connectivity index (χ1n) is 12.4. The summed E-state index contributed by atoms with van der Waals surface area (Å²) in [6.45, 7) is 4.72. The number of hydrogen-bond acceptors (Lipinski definition) is 3. The van der Waals surface area contributed by atoms with Gasteiger partial charge in [-0.15, -0.1) is 0 Å². The summed E-state index contributed by atoms with van der Waals surface area (Å²) in [7, 11) is -3.83. The second-order valence-corrected chi connectivity index (χ2v) is 11.9. The van der Waals surface area contributed by atoms with E-state index < -0.39 is 10.0 Å². The third-order valence-electron chi connectivity index (χ3n) is 6.23. The highest BCUT2D eigenvalue weighted by molar-refractivity contribution is 7.89. The summed E-state index contributed by atoms with van der Waals surface area (Å²) in [6, 6.07) is 23.7. The molecule has 0 saturated carbocycles. The molecular weight excluding hydrogens is 506 g/mol. The summed E-state index contributed by atoms with van der Waals surface area (Å²) in [5, 5.41) is 1.74. The molecule has 0 spiro atoms. The molecule has 1 heterocycles. The van der Waals surface area contributed by atoms with E-state index in [0.717, 1.165) is 22.0 Å². The number of carbonyl (C=O) groups excluding carboxylic acids is 1. The largest absolute Gasteiger partial charge is 0.361 e. The Morgan fingerprint density at radius 2 is 1.62 bits per heavy atom. The van der Waals surface area contributed by atoms with Crippen LogP contribution in [0, 0.1) is 5.92 Å². The summed E-state index contributed by atoms with van der Waals surface area (Å²) < 4.78 is 28.2. The van der Waals surface area contributed by atoms with Crippen molar-refractivity contribution in [3.05, 3.63) is 101 Å². The van der Waals surface area contributed by atoms with E-state index in [4.69, 9.17) is 11.6 Å². The Hall–Kier alpha value is -3.13. The second kappa shape index (κ2) is 11.9. The van der Waals surface area contributed by atoms with Crippen LogP contribution in [-0.4, -0.2) is 48.1 Å². The van der Waals surface area contributed by atoms with Gasteiger partial charge in [-0.05, 0) is 53.8 Å². The molecular formula is C29H32ClN3O3S. The van der Waals surface area contributed by atoms with Gasteiger partial charge in [0, 0.05) is 41.8 Å². The van der Waals surface area contributed by atoms with Gasteiger partial charge in [0.25, 0.3) is 0 Å². The molecule has 0 bridgehead atoms. The van der Waals surface area contributed by atoms with Crippen LogP contribution in [0.15, 0.2) is 90.0 Å². The first kappa shape index (κ1) is 26.9. The van der Waals surface area contributed by atoms with Crippen molar-refractivity contribution in [3.8, 4) is 0 Å². The van der Waals surface area contributed by atoms with Gasteiger partial charge in [-0.3, -0.25) is 4.79 Å². The zero-order chi connectivity index (χ0) is 26.4. The molecule has 0 fully saturated rings. The number of para-hydroxylation sites is 1. The third kappa shape index (κ3) is 6.80. The van der Waals surface area contributed by atoms with E-state index in [1.807, 2.05) is 50.4 Å². The van der Waals surface area contributed by atoms with E-state index in [9.17, 15) is 13.2 Å². The van der Waals surface area contributed by atoms with Gasteiger partial charge < -0.3 is 9.88 Å². The number of carbonyl (C=O) groups is 1. The Labute approximate surface area is 223 Å². The van der Waals surface area contributed by atoms with Crippen molar-refractivity contribution in [2.24, 2.45) is 5.92 Å². The van der Waals surface area contributed by atoms with Crippen molar-refractivity contribution in [2.45, 2.75) is 31.7 Å². The van der Waals surface area contributed by atoms with Crippen molar-refractivity contribution in [2.75, 3.05) is 19.6 Å². The maximum Gasteiger partial charge on any atom is 0.243 e. The number of amides is 1. The predicted octanol–water partition coefficient (Wildman–Crippen LogP) is 5.74. The van der Waals surface area contributed by atoms with Gasteiger partial charge in [0.15, 0.2) is 0 Å². The molecule has 0 atom stereocenters. The van der Waals surface area contributed by atoms with Gasteiger partial charge in [0.05, 0.1) is 11.4 Å². The summed E-state index contributed by atoms with van der Waals surface area (Å²) in [5.74, 6) is -0.183. The molecule has 6 nitrogen and oxygen atoms in total. The molecule has 0 radical (unpaired) electrons. The Bertz CT molecular complexity index is 1430. The monoisotopic (exact) mass is 537 g/mol. The highest BCUT2D eigenvalue weighted by Gasteiger charge is 2.29. The van der Waals surface area contributed by atoms with Crippen LogP contribution < -0.4 is 0 Å². The number of halogens is 1. The molecule has 4 rings (SSSR count). The minimum absolute atomic E-state index is 0.0576. The van der Waals surface area contributed by atoms with E-state index in [-0.39, 0.29) is 29.8 Å². The fourth-order valence-electron chi connectivity index (χ4n) is 4.34. The van der Waals surface area contributed by atoms with Crippen molar-refractivity contribution in [1.82, 2.24) is 14.2 Å². The fourth-order valence-corrected chi connectivity index (χ4v) is 6.04. The molecule has 194 valence electrons. The predicted molar refractivity (Wildman–Crippen MR) is 149 cm³/mol. The molecule has 0 saturated heterocycles. The van der Waals surface area contributed by atoms with E-state index in [0.29, 0.717) is 24.5 Å². The van der Waals surface area contributed by atoms with Crippen LogP contribution in [-0.2, 0) is 27.8 Å². The van der Waals surface area contributed by atoms with Crippen LogP contribution in [0.3, 0.4) is 0 Å². The third-order valence-corrected chi connectivity index (χ3v) is 8.30. The van der Waals surface area contributed by atoms with Crippen LogP contribution in [0.2, 0.25) is 5.02 Å². The summed E-state index contributed by atoms with van der Waals surface area (Å²) in [6.07, 6.45) is 2.61. The van der Waals surface area contributed by atoms with Crippen LogP contribution in [0.4, 0.5) is 0 Å².